The number of benzene rings is 2. The molecule has 1 N–H and O–H groups in total. The highest BCUT2D eigenvalue weighted by atomic mass is 35.5. The van der Waals surface area contributed by atoms with Crippen molar-refractivity contribution >= 4 is 23.2 Å². The lowest BCUT2D eigenvalue weighted by atomic mass is 10.1. The van der Waals surface area contributed by atoms with E-state index in [0.29, 0.717) is 22.4 Å². The Morgan fingerprint density at radius 1 is 1.09 bits per heavy atom. The average Bonchev–Trinajstić information content (AvgIpc) is 2.52. The molecule has 0 aromatic heterocycles. The fourth-order valence-electron chi connectivity index (χ4n) is 2.07. The van der Waals surface area contributed by atoms with Gasteiger partial charge in [-0.2, -0.15) is 0 Å². The predicted molar refractivity (Wildman–Crippen MR) is 91.2 cm³/mol. The standard InChI is InChI=1S/C17H19Cl2NO2/c1-3-20-10-12-5-4-6-16(21-2)17(12)22-11-13-7-8-14(18)9-15(13)19/h4-9,20H,3,10-11H2,1-2H3. The molecule has 3 nitrogen and oxygen atoms in total. The van der Waals surface area contributed by atoms with E-state index in [4.69, 9.17) is 32.7 Å². The highest BCUT2D eigenvalue weighted by Crippen LogP contribution is 2.32. The van der Waals surface area contributed by atoms with Gasteiger partial charge in [0.15, 0.2) is 11.5 Å². The van der Waals surface area contributed by atoms with Gasteiger partial charge in [-0.3, -0.25) is 0 Å². The molecule has 0 fully saturated rings. The summed E-state index contributed by atoms with van der Waals surface area (Å²) in [6.07, 6.45) is 0. The molecule has 0 saturated carbocycles. The topological polar surface area (TPSA) is 30.5 Å². The van der Waals surface area contributed by atoms with Crippen molar-refractivity contribution in [1.82, 2.24) is 5.32 Å². The number of hydrogen-bond acceptors (Lipinski definition) is 3. The number of ether oxygens (including phenoxy) is 2. The quantitative estimate of drug-likeness (QED) is 0.793. The molecule has 0 atom stereocenters. The van der Waals surface area contributed by atoms with Gasteiger partial charge in [-0.05, 0) is 24.7 Å². The van der Waals surface area contributed by atoms with Gasteiger partial charge in [-0.15, -0.1) is 0 Å². The van der Waals surface area contributed by atoms with Crippen LogP contribution in [0.2, 0.25) is 10.0 Å². The van der Waals surface area contributed by atoms with Gasteiger partial charge in [0.2, 0.25) is 0 Å². The number of nitrogens with one attached hydrogen (secondary N) is 1. The van der Waals surface area contributed by atoms with Crippen molar-refractivity contribution < 1.29 is 9.47 Å². The van der Waals surface area contributed by atoms with E-state index in [1.165, 1.54) is 0 Å². The van der Waals surface area contributed by atoms with Crippen LogP contribution in [0.5, 0.6) is 11.5 Å². The minimum absolute atomic E-state index is 0.357. The second-order valence-electron chi connectivity index (χ2n) is 4.75. The zero-order chi connectivity index (χ0) is 15.9. The van der Waals surface area contributed by atoms with Crippen LogP contribution in [0.1, 0.15) is 18.1 Å². The molecule has 0 bridgehead atoms. The van der Waals surface area contributed by atoms with Crippen molar-refractivity contribution in [1.29, 1.82) is 0 Å². The van der Waals surface area contributed by atoms with Crippen molar-refractivity contribution in [3.8, 4) is 11.5 Å². The smallest absolute Gasteiger partial charge is 0.166 e. The van der Waals surface area contributed by atoms with Gasteiger partial charge < -0.3 is 14.8 Å². The van der Waals surface area contributed by atoms with Crippen LogP contribution in [0.3, 0.4) is 0 Å². The summed E-state index contributed by atoms with van der Waals surface area (Å²) >= 11 is 12.1. The Bertz CT molecular complexity index is 632. The van der Waals surface area contributed by atoms with E-state index in [-0.39, 0.29) is 0 Å². The van der Waals surface area contributed by atoms with Gasteiger partial charge in [0.1, 0.15) is 6.61 Å². The highest BCUT2D eigenvalue weighted by molar-refractivity contribution is 6.35. The number of halogens is 2. The second-order valence-corrected chi connectivity index (χ2v) is 5.60. The molecule has 2 aromatic rings. The number of hydrogen-bond donors (Lipinski definition) is 1. The lowest BCUT2D eigenvalue weighted by Gasteiger charge is -2.16. The van der Waals surface area contributed by atoms with Crippen LogP contribution < -0.4 is 14.8 Å². The number of methoxy groups -OCH3 is 1. The van der Waals surface area contributed by atoms with Crippen molar-refractivity contribution in [2.45, 2.75) is 20.1 Å². The van der Waals surface area contributed by atoms with E-state index in [1.54, 1.807) is 19.2 Å². The molecule has 0 aliphatic heterocycles. The largest absolute Gasteiger partial charge is 0.493 e. The van der Waals surface area contributed by atoms with Crippen LogP contribution in [-0.4, -0.2) is 13.7 Å². The first-order valence-corrected chi connectivity index (χ1v) is 7.84. The molecule has 2 aromatic carbocycles. The Morgan fingerprint density at radius 3 is 2.59 bits per heavy atom. The van der Waals surface area contributed by atoms with E-state index in [1.807, 2.05) is 24.3 Å². The van der Waals surface area contributed by atoms with E-state index in [2.05, 4.69) is 12.2 Å². The Morgan fingerprint density at radius 2 is 1.91 bits per heavy atom. The molecule has 0 unspecified atom stereocenters. The maximum Gasteiger partial charge on any atom is 0.166 e. The summed E-state index contributed by atoms with van der Waals surface area (Å²) in [7, 11) is 1.63. The fraction of sp³-hybridized carbons (Fsp3) is 0.294. The van der Waals surface area contributed by atoms with Gasteiger partial charge >= 0.3 is 0 Å². The van der Waals surface area contributed by atoms with Crippen LogP contribution in [0.25, 0.3) is 0 Å². The molecule has 2 rings (SSSR count). The summed E-state index contributed by atoms with van der Waals surface area (Å²) < 4.78 is 11.4. The first kappa shape index (κ1) is 16.9. The molecule has 0 saturated heterocycles. The predicted octanol–water partition coefficient (Wildman–Crippen LogP) is 4.69. The Kier molecular flexibility index (Phi) is 6.37. The van der Waals surface area contributed by atoms with Crippen molar-refractivity contribution in [2.24, 2.45) is 0 Å². The fourth-order valence-corrected chi connectivity index (χ4v) is 2.54. The maximum atomic E-state index is 6.18. The van der Waals surface area contributed by atoms with Crippen LogP contribution in [0.4, 0.5) is 0 Å². The molecule has 0 amide bonds. The molecule has 0 aliphatic rings. The van der Waals surface area contributed by atoms with Gasteiger partial charge in [0, 0.05) is 27.7 Å². The molecule has 0 aliphatic carbocycles. The maximum absolute atomic E-state index is 6.18. The summed E-state index contributed by atoms with van der Waals surface area (Å²) in [6, 6.07) is 11.2. The lowest BCUT2D eigenvalue weighted by Crippen LogP contribution is -2.13. The van der Waals surface area contributed by atoms with Gasteiger partial charge in [0.05, 0.1) is 7.11 Å². The summed E-state index contributed by atoms with van der Waals surface area (Å²) in [4.78, 5) is 0. The summed E-state index contributed by atoms with van der Waals surface area (Å²) in [5, 5.41) is 4.50. The molecule has 0 spiro atoms. The monoisotopic (exact) mass is 339 g/mol. The Balaban J connectivity index is 2.20. The third-order valence-corrected chi connectivity index (χ3v) is 3.82. The summed E-state index contributed by atoms with van der Waals surface area (Å²) in [5.41, 5.74) is 1.93. The molecule has 0 heterocycles. The van der Waals surface area contributed by atoms with Gasteiger partial charge in [-0.1, -0.05) is 48.3 Å². The van der Waals surface area contributed by atoms with E-state index >= 15 is 0 Å². The molecule has 118 valence electrons. The van der Waals surface area contributed by atoms with Gasteiger partial charge in [-0.25, -0.2) is 0 Å². The minimum atomic E-state index is 0.357. The van der Waals surface area contributed by atoms with E-state index in [9.17, 15) is 0 Å². The summed E-state index contributed by atoms with van der Waals surface area (Å²) in [6.45, 7) is 4.03. The Labute approximate surface area is 141 Å². The molecule has 0 radical (unpaired) electrons. The highest BCUT2D eigenvalue weighted by Gasteiger charge is 2.11. The number of rotatable bonds is 7. The third kappa shape index (κ3) is 4.29. The van der Waals surface area contributed by atoms with E-state index in [0.717, 1.165) is 30.0 Å². The average molecular weight is 340 g/mol. The van der Waals surface area contributed by atoms with Crippen molar-refractivity contribution in [3.63, 3.8) is 0 Å². The molecule has 5 heteroatoms. The normalized spacial score (nSPS) is 10.5. The summed E-state index contributed by atoms with van der Waals surface area (Å²) in [5.74, 6) is 1.44. The van der Waals surface area contributed by atoms with Crippen LogP contribution >= 0.6 is 23.2 Å². The SMILES string of the molecule is CCNCc1cccc(OC)c1OCc1ccc(Cl)cc1Cl. The van der Waals surface area contributed by atoms with Crippen LogP contribution in [-0.2, 0) is 13.2 Å². The Hall–Kier alpha value is -1.42. The first-order valence-electron chi connectivity index (χ1n) is 7.09. The zero-order valence-corrected chi connectivity index (χ0v) is 14.2. The third-order valence-electron chi connectivity index (χ3n) is 3.23. The molecule has 22 heavy (non-hydrogen) atoms. The first-order chi connectivity index (χ1) is 10.7. The number of para-hydroxylation sites is 1. The van der Waals surface area contributed by atoms with Crippen molar-refractivity contribution in [2.75, 3.05) is 13.7 Å². The van der Waals surface area contributed by atoms with Crippen molar-refractivity contribution in [3.05, 3.63) is 57.6 Å². The molecular weight excluding hydrogens is 321 g/mol. The molecular formula is C17H19Cl2NO2. The van der Waals surface area contributed by atoms with Crippen LogP contribution in [0.15, 0.2) is 36.4 Å². The second kappa shape index (κ2) is 8.28. The van der Waals surface area contributed by atoms with E-state index < -0.39 is 0 Å². The minimum Gasteiger partial charge on any atom is -0.493 e. The zero-order valence-electron chi connectivity index (χ0n) is 12.7. The lowest BCUT2D eigenvalue weighted by molar-refractivity contribution is 0.281. The van der Waals surface area contributed by atoms with Crippen LogP contribution in [0, 0.1) is 0 Å². The van der Waals surface area contributed by atoms with Gasteiger partial charge in [0.25, 0.3) is 0 Å².